The van der Waals surface area contributed by atoms with Crippen molar-refractivity contribution in [2.75, 3.05) is 19.6 Å². The monoisotopic (exact) mass is 679 g/mol. The van der Waals surface area contributed by atoms with Gasteiger partial charge in [-0.3, -0.25) is 14.7 Å². The number of hydrogen-bond acceptors (Lipinski definition) is 3. The molecule has 0 saturated carbocycles. The lowest BCUT2D eigenvalue weighted by Gasteiger charge is -2.43. The lowest BCUT2D eigenvalue weighted by atomic mass is 9.93. The van der Waals surface area contributed by atoms with E-state index < -0.39 is 0 Å². The minimum Gasteiger partial charge on any atom is -0.300 e. The molecule has 0 fully saturated rings. The van der Waals surface area contributed by atoms with E-state index in [1.807, 2.05) is 0 Å². The first-order valence-electron chi connectivity index (χ1n) is 19.4. The molecule has 5 rings (SSSR count). The van der Waals surface area contributed by atoms with Crippen molar-refractivity contribution in [3.8, 4) is 0 Å². The first kappa shape index (κ1) is 38.2. The van der Waals surface area contributed by atoms with E-state index in [1.54, 1.807) is 0 Å². The Kier molecular flexibility index (Phi) is 15.5. The van der Waals surface area contributed by atoms with E-state index in [0.717, 1.165) is 65.1 Å². The molecule has 3 nitrogen and oxygen atoms in total. The van der Waals surface area contributed by atoms with Gasteiger partial charge in [0.25, 0.3) is 0 Å². The third-order valence-corrected chi connectivity index (χ3v) is 10.9. The van der Waals surface area contributed by atoms with Crippen LogP contribution in [-0.4, -0.2) is 46.4 Å². The largest absolute Gasteiger partial charge is 0.300 e. The van der Waals surface area contributed by atoms with Gasteiger partial charge >= 0.3 is 0 Å². The molecule has 0 aliphatic rings. The maximum atomic E-state index is 2.84. The topological polar surface area (TPSA) is 9.72 Å². The Morgan fingerprint density at radius 3 is 0.941 bits per heavy atom. The van der Waals surface area contributed by atoms with Gasteiger partial charge < -0.3 is 0 Å². The second kappa shape index (κ2) is 20.7. The summed E-state index contributed by atoms with van der Waals surface area (Å²) in [5.74, 6) is 1.09. The first-order valence-corrected chi connectivity index (χ1v) is 19.4. The minimum absolute atomic E-state index is 0.403. The molecule has 0 N–H and O–H groups in total. The highest BCUT2D eigenvalue weighted by molar-refractivity contribution is 5.20. The van der Waals surface area contributed by atoms with Crippen LogP contribution in [0.5, 0.6) is 0 Å². The zero-order valence-electron chi connectivity index (χ0n) is 31.7. The van der Waals surface area contributed by atoms with E-state index >= 15 is 0 Å². The Labute approximate surface area is 310 Å². The molecule has 3 heteroatoms. The minimum atomic E-state index is 0.403. The van der Waals surface area contributed by atoms with Crippen molar-refractivity contribution in [1.82, 2.24) is 14.7 Å². The van der Waals surface area contributed by atoms with Crippen LogP contribution in [0.25, 0.3) is 0 Å². The predicted molar refractivity (Wildman–Crippen MR) is 217 cm³/mol. The first-order chi connectivity index (χ1) is 25.0. The summed E-state index contributed by atoms with van der Waals surface area (Å²) < 4.78 is 0. The lowest BCUT2D eigenvalue weighted by molar-refractivity contribution is 0.0498. The molecule has 0 spiro atoms. The SMILES string of the molecule is CCC(C)C(CN(CCc1ccccc1)CC(C(C)CC)N(Cc1ccccc1)Cc1ccccc1)N(Cc1ccccc1)Cc1ccccc1. The maximum absolute atomic E-state index is 2.84. The lowest BCUT2D eigenvalue weighted by Crippen LogP contribution is -2.52. The van der Waals surface area contributed by atoms with Gasteiger partial charge in [-0.15, -0.1) is 0 Å². The van der Waals surface area contributed by atoms with Gasteiger partial charge in [0, 0.05) is 57.9 Å². The molecular formula is C48H61N3. The molecule has 0 aliphatic heterocycles. The molecule has 4 unspecified atom stereocenters. The quantitative estimate of drug-likeness (QED) is 0.0764. The average Bonchev–Trinajstić information content (AvgIpc) is 3.18. The molecule has 0 aromatic heterocycles. The molecule has 5 aromatic rings. The highest BCUT2D eigenvalue weighted by atomic mass is 15.3. The van der Waals surface area contributed by atoms with Crippen LogP contribution >= 0.6 is 0 Å². The Morgan fingerprint density at radius 1 is 0.392 bits per heavy atom. The fourth-order valence-corrected chi connectivity index (χ4v) is 7.43. The molecule has 268 valence electrons. The summed E-state index contributed by atoms with van der Waals surface area (Å²) in [5, 5.41) is 0. The van der Waals surface area contributed by atoms with E-state index in [4.69, 9.17) is 0 Å². The molecule has 0 amide bonds. The van der Waals surface area contributed by atoms with Gasteiger partial charge in [-0.1, -0.05) is 192 Å². The van der Waals surface area contributed by atoms with Crippen LogP contribution in [0, 0.1) is 11.8 Å². The van der Waals surface area contributed by atoms with Crippen molar-refractivity contribution in [2.45, 2.75) is 85.2 Å². The van der Waals surface area contributed by atoms with Crippen LogP contribution < -0.4 is 0 Å². The molecule has 0 aliphatic carbocycles. The van der Waals surface area contributed by atoms with Crippen molar-refractivity contribution in [3.63, 3.8) is 0 Å². The summed E-state index contributed by atoms with van der Waals surface area (Å²) in [6, 6.07) is 56.3. The molecule has 0 saturated heterocycles. The molecule has 0 radical (unpaired) electrons. The van der Waals surface area contributed by atoms with E-state index in [1.165, 1.54) is 27.8 Å². The van der Waals surface area contributed by atoms with E-state index in [9.17, 15) is 0 Å². The Morgan fingerprint density at radius 2 is 0.667 bits per heavy atom. The van der Waals surface area contributed by atoms with Crippen molar-refractivity contribution in [1.29, 1.82) is 0 Å². The summed E-state index contributed by atoms with van der Waals surface area (Å²) in [5.41, 5.74) is 6.94. The number of rotatable bonds is 21. The second-order valence-corrected chi connectivity index (χ2v) is 14.7. The summed E-state index contributed by atoms with van der Waals surface area (Å²) in [4.78, 5) is 8.39. The summed E-state index contributed by atoms with van der Waals surface area (Å²) >= 11 is 0. The van der Waals surface area contributed by atoms with Gasteiger partial charge in [-0.2, -0.15) is 0 Å². The summed E-state index contributed by atoms with van der Waals surface area (Å²) in [6.45, 7) is 16.6. The number of benzene rings is 5. The smallest absolute Gasteiger partial charge is 0.0255 e. The maximum Gasteiger partial charge on any atom is 0.0255 e. The zero-order chi connectivity index (χ0) is 35.7. The van der Waals surface area contributed by atoms with Crippen molar-refractivity contribution in [2.24, 2.45) is 11.8 Å². The van der Waals surface area contributed by atoms with Gasteiger partial charge in [0.15, 0.2) is 0 Å². The fraction of sp³-hybridized carbons (Fsp3) is 0.375. The van der Waals surface area contributed by atoms with E-state index in [0.29, 0.717) is 23.9 Å². The van der Waals surface area contributed by atoms with Gasteiger partial charge in [0.2, 0.25) is 0 Å². The standard InChI is InChI=1S/C48H61N3/c1-5-40(3)47(50(34-43-24-14-8-15-25-43)35-44-26-16-9-17-27-44)38-49(33-32-42-22-12-7-13-23-42)39-48(41(4)6-2)51(36-45-28-18-10-19-29-45)37-46-30-20-11-21-31-46/h7-31,40-41,47-48H,5-6,32-39H2,1-4H3. The van der Waals surface area contributed by atoms with Crippen LogP contribution in [0.4, 0.5) is 0 Å². The Bertz CT molecular complexity index is 1420. The third-order valence-electron chi connectivity index (χ3n) is 10.9. The Hall–Kier alpha value is -4.02. The molecule has 4 atom stereocenters. The van der Waals surface area contributed by atoms with Crippen LogP contribution in [0.1, 0.15) is 68.4 Å². The van der Waals surface area contributed by atoms with Crippen molar-refractivity contribution >= 4 is 0 Å². The zero-order valence-corrected chi connectivity index (χ0v) is 31.7. The van der Waals surface area contributed by atoms with Gasteiger partial charge in [-0.05, 0) is 46.1 Å². The van der Waals surface area contributed by atoms with E-state index in [2.05, 4.69) is 194 Å². The normalized spacial score (nSPS) is 14.1. The number of hydrogen-bond donors (Lipinski definition) is 0. The van der Waals surface area contributed by atoms with E-state index in [-0.39, 0.29) is 0 Å². The Balaban J connectivity index is 1.50. The highest BCUT2D eigenvalue weighted by Crippen LogP contribution is 2.26. The van der Waals surface area contributed by atoms with Crippen LogP contribution in [-0.2, 0) is 32.6 Å². The van der Waals surface area contributed by atoms with Crippen LogP contribution in [0.3, 0.4) is 0 Å². The third kappa shape index (κ3) is 12.3. The average molecular weight is 680 g/mol. The summed E-state index contributed by atoms with van der Waals surface area (Å²) in [7, 11) is 0. The van der Waals surface area contributed by atoms with Gasteiger partial charge in [0.05, 0.1) is 0 Å². The van der Waals surface area contributed by atoms with Crippen LogP contribution in [0.15, 0.2) is 152 Å². The molecule has 0 bridgehead atoms. The summed E-state index contributed by atoms with van der Waals surface area (Å²) in [6.07, 6.45) is 3.36. The van der Waals surface area contributed by atoms with Gasteiger partial charge in [-0.25, -0.2) is 0 Å². The van der Waals surface area contributed by atoms with Gasteiger partial charge in [0.1, 0.15) is 0 Å². The molecule has 0 heterocycles. The van der Waals surface area contributed by atoms with Crippen molar-refractivity contribution in [3.05, 3.63) is 179 Å². The fourth-order valence-electron chi connectivity index (χ4n) is 7.43. The van der Waals surface area contributed by atoms with Crippen molar-refractivity contribution < 1.29 is 0 Å². The molecule has 5 aromatic carbocycles. The second-order valence-electron chi connectivity index (χ2n) is 14.7. The number of nitrogens with zero attached hydrogens (tertiary/aromatic N) is 3. The van der Waals surface area contributed by atoms with Crippen LogP contribution in [0.2, 0.25) is 0 Å². The molecule has 51 heavy (non-hydrogen) atoms. The predicted octanol–water partition coefficient (Wildman–Crippen LogP) is 10.8. The molecular weight excluding hydrogens is 619 g/mol. The highest BCUT2D eigenvalue weighted by Gasteiger charge is 2.31.